The van der Waals surface area contributed by atoms with Crippen molar-refractivity contribution in [1.82, 2.24) is 0 Å². The van der Waals surface area contributed by atoms with Gasteiger partial charge in [-0.05, 0) is 84.4 Å². The average Bonchev–Trinajstić information content (AvgIpc) is 2.99. The fourth-order valence-electron chi connectivity index (χ4n) is 3.32. The SMILES string of the molecule is CC#CC#CC#CC#CC#CC#CC#CC(=O)OC[C@H](CO)OC(=O)CCCCCCCCCCCCCCC.CC(N)=O.[HH].[HH].[HH].[HH].[HH].[HH].[HH].[HH].[HH].[HH].[HH].[HH].[HH]. The van der Waals surface area contributed by atoms with Crippen molar-refractivity contribution in [2.75, 3.05) is 13.2 Å². The van der Waals surface area contributed by atoms with Crippen molar-refractivity contribution in [2.24, 2.45) is 5.73 Å². The van der Waals surface area contributed by atoms with Crippen molar-refractivity contribution in [3.63, 3.8) is 0 Å². The number of aliphatic hydroxyl groups is 1. The Morgan fingerprint density at radius 2 is 1.07 bits per heavy atom. The predicted molar refractivity (Wildman–Crippen MR) is 201 cm³/mol. The summed E-state index contributed by atoms with van der Waals surface area (Å²) in [4.78, 5) is 32.9. The molecule has 0 fully saturated rings. The van der Waals surface area contributed by atoms with Gasteiger partial charge in [-0.1, -0.05) is 89.9 Å². The van der Waals surface area contributed by atoms with Crippen LogP contribution in [0.25, 0.3) is 0 Å². The zero-order chi connectivity index (χ0) is 32.9. The van der Waals surface area contributed by atoms with Crippen molar-refractivity contribution in [3.05, 3.63) is 0 Å². The lowest BCUT2D eigenvalue weighted by Gasteiger charge is -2.14. The molecule has 0 bridgehead atoms. The highest BCUT2D eigenvalue weighted by atomic mass is 16.6. The van der Waals surface area contributed by atoms with Crippen LogP contribution in [0.3, 0.4) is 0 Å². The highest BCUT2D eigenvalue weighted by Gasteiger charge is 2.15. The van der Waals surface area contributed by atoms with Gasteiger partial charge in [-0.25, -0.2) is 4.79 Å². The molecule has 0 aliphatic heterocycles. The summed E-state index contributed by atoms with van der Waals surface area (Å²) in [5.41, 5.74) is 4.47. The van der Waals surface area contributed by atoms with Gasteiger partial charge in [0, 0.05) is 37.8 Å². The molecule has 3 N–H and O–H groups in total. The van der Waals surface area contributed by atoms with Gasteiger partial charge in [0.25, 0.3) is 0 Å². The van der Waals surface area contributed by atoms with E-state index in [1.54, 1.807) is 6.92 Å². The third-order valence-electron chi connectivity index (χ3n) is 5.36. The maximum Gasteiger partial charge on any atom is 0.385 e. The normalized spacial score (nSPS) is 8.91. The van der Waals surface area contributed by atoms with Gasteiger partial charge in [0.05, 0.1) is 6.61 Å². The monoisotopic (exact) mass is 626 g/mol. The summed E-state index contributed by atoms with van der Waals surface area (Å²) in [7, 11) is 0. The van der Waals surface area contributed by atoms with Crippen LogP contribution in [0, 0.1) is 82.9 Å². The lowest BCUT2D eigenvalue weighted by atomic mass is 10.0. The van der Waals surface area contributed by atoms with Crippen molar-refractivity contribution < 1.29 is 47.5 Å². The number of ether oxygens (including phenoxy) is 2. The third kappa shape index (κ3) is 37.3. The topological polar surface area (TPSA) is 116 Å². The van der Waals surface area contributed by atoms with Gasteiger partial charge < -0.3 is 20.3 Å². The largest absolute Gasteiger partial charge is 0.456 e. The van der Waals surface area contributed by atoms with E-state index >= 15 is 0 Å². The lowest BCUT2D eigenvalue weighted by Crippen LogP contribution is -2.28. The van der Waals surface area contributed by atoms with Crippen LogP contribution in [-0.4, -0.2) is 42.3 Å². The number of aliphatic hydroxyl groups excluding tert-OH is 1. The molecule has 7 nitrogen and oxygen atoms in total. The van der Waals surface area contributed by atoms with Crippen LogP contribution in [-0.2, 0) is 23.9 Å². The van der Waals surface area contributed by atoms with Gasteiger partial charge in [-0.3, -0.25) is 9.59 Å². The van der Waals surface area contributed by atoms with Crippen LogP contribution in [0.1, 0.15) is 129 Å². The van der Waals surface area contributed by atoms with Crippen LogP contribution in [0.15, 0.2) is 0 Å². The summed E-state index contributed by atoms with van der Waals surface area (Å²) in [6.45, 7) is 4.49. The van der Waals surface area contributed by atoms with Crippen molar-refractivity contribution >= 4 is 17.8 Å². The number of hydrogen-bond donors (Lipinski definition) is 2. The van der Waals surface area contributed by atoms with E-state index in [9.17, 15) is 19.5 Å². The minimum absolute atomic E-state index is 0. The molecule has 260 valence electrons. The number of carbonyl (C=O) groups excluding carboxylic acids is 3. The molecule has 0 rings (SSSR count). The molecule has 1 amide bonds. The first-order valence-corrected chi connectivity index (χ1v) is 15.0. The Balaban J connectivity index is -0.0000000759. The summed E-state index contributed by atoms with van der Waals surface area (Å²) < 4.78 is 10.1. The number of esters is 2. The van der Waals surface area contributed by atoms with Gasteiger partial charge in [-0.2, -0.15) is 0 Å². The number of nitrogens with two attached hydrogens (primary N) is 1. The predicted octanol–water partition coefficient (Wildman–Crippen LogP) is 7.65. The number of unbranched alkanes of at least 4 members (excludes halogenated alkanes) is 12. The molecule has 0 saturated carbocycles. The zero-order valence-electron chi connectivity index (χ0n) is 26.5. The van der Waals surface area contributed by atoms with Crippen LogP contribution in [0.5, 0.6) is 0 Å². The van der Waals surface area contributed by atoms with Gasteiger partial charge in [0.1, 0.15) is 6.61 Å². The maximum atomic E-state index is 12.0. The molecule has 7 heteroatoms. The molecule has 0 spiro atoms. The molecule has 1 atom stereocenters. The summed E-state index contributed by atoms with van der Waals surface area (Å²) in [5.74, 6) is 32.7. The van der Waals surface area contributed by atoms with E-state index in [0.717, 1.165) is 19.3 Å². The number of rotatable bonds is 18. The smallest absolute Gasteiger partial charge is 0.385 e. The van der Waals surface area contributed by atoms with Crippen LogP contribution in [0.4, 0.5) is 0 Å². The Labute approximate surface area is 284 Å². The number of primary amides is 1. The highest BCUT2D eigenvalue weighted by Crippen LogP contribution is 2.13. The quantitative estimate of drug-likeness (QED) is 0.0700. The Morgan fingerprint density at radius 3 is 1.48 bits per heavy atom. The fourth-order valence-corrected chi connectivity index (χ4v) is 3.32. The molecule has 0 aromatic heterocycles. The first-order chi connectivity index (χ1) is 21.4. The Morgan fingerprint density at radius 1 is 0.682 bits per heavy atom. The van der Waals surface area contributed by atoms with Gasteiger partial charge in [0.15, 0.2) is 6.10 Å². The summed E-state index contributed by atoms with van der Waals surface area (Å²) >= 11 is 0. The fraction of sp³-hybridized carbons (Fsp3) is 0.541. The van der Waals surface area contributed by atoms with Gasteiger partial charge in [-0.15, -0.1) is 0 Å². The molecule has 0 aliphatic carbocycles. The second kappa shape index (κ2) is 34.5. The van der Waals surface area contributed by atoms with Crippen LogP contribution < -0.4 is 5.73 Å². The molecule has 0 aromatic carbocycles. The second-order valence-corrected chi connectivity index (χ2v) is 9.37. The Kier molecular flexibility index (Phi) is 32.5. The van der Waals surface area contributed by atoms with Gasteiger partial charge >= 0.3 is 11.9 Å². The van der Waals surface area contributed by atoms with E-state index in [4.69, 9.17) is 9.47 Å². The van der Waals surface area contributed by atoms with E-state index < -0.39 is 24.6 Å². The van der Waals surface area contributed by atoms with Crippen molar-refractivity contribution in [2.45, 2.75) is 117 Å². The zero-order valence-corrected chi connectivity index (χ0v) is 26.5. The van der Waals surface area contributed by atoms with Crippen LogP contribution >= 0.6 is 0 Å². The molecule has 44 heavy (non-hydrogen) atoms. The van der Waals surface area contributed by atoms with E-state index in [1.807, 2.05) is 0 Å². The molecular weight excluding hydrogens is 554 g/mol. The summed E-state index contributed by atoms with van der Waals surface area (Å²) in [6.07, 6.45) is 15.3. The number of amides is 1. The first kappa shape index (κ1) is 41.4. The minimum atomic E-state index is -0.926. The minimum Gasteiger partial charge on any atom is -0.456 e. The molecule has 0 unspecified atom stereocenters. The number of hydrogen-bond acceptors (Lipinski definition) is 6. The molecule has 0 aliphatic rings. The van der Waals surface area contributed by atoms with Gasteiger partial charge in [0.2, 0.25) is 5.91 Å². The van der Waals surface area contributed by atoms with Crippen LogP contribution in [0.2, 0.25) is 0 Å². The van der Waals surface area contributed by atoms with E-state index in [0.29, 0.717) is 0 Å². The van der Waals surface area contributed by atoms with E-state index in [2.05, 4.69) is 95.5 Å². The van der Waals surface area contributed by atoms with E-state index in [1.165, 1.54) is 71.1 Å². The standard InChI is InChI=1S/C35H40O5.C2H5NO.13H2/c1-3-5-7-9-11-13-15-17-19-21-23-25-27-29-34(37)39-32-33(31-36)40-35(38)30-28-26-24-22-20-18-16-14-12-10-8-6-4-2;1-2(3)4;;;;;;;;;;;;;/h33,36H,4,6,8,10,12,14,16,18,20,22,24,26,28,30-32H2,1-2H3;1H3,(H2,3,4);13*1H/t33-;;;;;;;;;;;;;;/m0............../s1. The van der Waals surface area contributed by atoms with E-state index in [-0.39, 0.29) is 37.5 Å². The molecule has 0 aromatic rings. The molecule has 0 saturated heterocycles. The summed E-state index contributed by atoms with van der Waals surface area (Å²) in [5, 5.41) is 9.40. The second-order valence-electron chi connectivity index (χ2n) is 9.37. The molecule has 0 heterocycles. The summed E-state index contributed by atoms with van der Waals surface area (Å²) in [6, 6.07) is 0. The highest BCUT2D eigenvalue weighted by molar-refractivity contribution is 5.89. The number of carbonyl (C=O) groups is 3. The first-order valence-electron chi connectivity index (χ1n) is 15.0. The Hall–Kier alpha value is -4.71. The molecular formula is C37H71NO6. The lowest BCUT2D eigenvalue weighted by molar-refractivity contribution is -0.159. The van der Waals surface area contributed by atoms with Crippen molar-refractivity contribution in [3.8, 4) is 82.9 Å². The third-order valence-corrected chi connectivity index (χ3v) is 5.36. The molecule has 0 radical (unpaired) electrons. The Bertz CT molecular complexity index is 1320. The van der Waals surface area contributed by atoms with Crippen molar-refractivity contribution in [1.29, 1.82) is 0 Å². The average molecular weight is 626 g/mol. The maximum absolute atomic E-state index is 12.0.